The zero-order valence-corrected chi connectivity index (χ0v) is 20.9. The molecule has 4 rings (SSSR count). The summed E-state index contributed by atoms with van der Waals surface area (Å²) in [5, 5.41) is 6.36. The van der Waals surface area contributed by atoms with Crippen molar-refractivity contribution in [3.63, 3.8) is 0 Å². The van der Waals surface area contributed by atoms with E-state index >= 15 is 0 Å². The molecule has 2 N–H and O–H groups in total. The molecule has 0 saturated heterocycles. The van der Waals surface area contributed by atoms with Gasteiger partial charge in [0.2, 0.25) is 0 Å². The average molecular weight is 479 g/mol. The molecule has 0 saturated carbocycles. The molecule has 2 aromatic carbocycles. The molecule has 6 nitrogen and oxygen atoms in total. The highest BCUT2D eigenvalue weighted by molar-refractivity contribution is 5.96. The van der Waals surface area contributed by atoms with E-state index in [1.807, 2.05) is 88.4 Å². The summed E-state index contributed by atoms with van der Waals surface area (Å²) < 4.78 is 0. The van der Waals surface area contributed by atoms with Crippen molar-refractivity contribution in [1.82, 2.24) is 20.6 Å². The van der Waals surface area contributed by atoms with Crippen LogP contribution >= 0.6 is 0 Å². The summed E-state index contributed by atoms with van der Waals surface area (Å²) in [5.74, 6) is -0.438. The summed E-state index contributed by atoms with van der Waals surface area (Å²) in [5.41, 5.74) is 6.82. The molecule has 0 spiro atoms. The molecule has 0 aliphatic heterocycles. The van der Waals surface area contributed by atoms with Crippen molar-refractivity contribution in [3.05, 3.63) is 130 Å². The summed E-state index contributed by atoms with van der Waals surface area (Å²) >= 11 is 0. The maximum absolute atomic E-state index is 13.5. The first-order chi connectivity index (χ1) is 17.3. The molecule has 0 aliphatic rings. The minimum absolute atomic E-state index is 0.219. The van der Waals surface area contributed by atoms with Crippen LogP contribution in [-0.4, -0.2) is 21.8 Å². The molecule has 0 unspecified atom stereocenters. The quantitative estimate of drug-likeness (QED) is 0.375. The van der Waals surface area contributed by atoms with Gasteiger partial charge in [0.1, 0.15) is 0 Å². The van der Waals surface area contributed by atoms with Crippen molar-refractivity contribution in [3.8, 4) is 0 Å². The Morgan fingerprint density at radius 1 is 0.556 bits per heavy atom. The number of nitrogens with one attached hydrogen (secondary N) is 2. The number of amides is 2. The molecule has 36 heavy (non-hydrogen) atoms. The predicted octanol–water partition coefficient (Wildman–Crippen LogP) is 5.35. The first-order valence-corrected chi connectivity index (χ1v) is 11.9. The Labute approximate surface area is 211 Å². The Kier molecular flexibility index (Phi) is 7.54. The van der Waals surface area contributed by atoms with Gasteiger partial charge in [-0.25, -0.2) is 0 Å². The lowest BCUT2D eigenvalue weighted by Crippen LogP contribution is -2.41. The van der Waals surface area contributed by atoms with Gasteiger partial charge in [0.25, 0.3) is 11.8 Å². The second kappa shape index (κ2) is 11.0. The van der Waals surface area contributed by atoms with Crippen LogP contribution in [-0.2, 0) is 0 Å². The Hall–Kier alpha value is -4.32. The fourth-order valence-electron chi connectivity index (χ4n) is 4.52. The van der Waals surface area contributed by atoms with Gasteiger partial charge >= 0.3 is 0 Å². The van der Waals surface area contributed by atoms with Gasteiger partial charge in [0.15, 0.2) is 0 Å². The zero-order valence-electron chi connectivity index (χ0n) is 20.9. The third kappa shape index (κ3) is 6.02. The number of nitrogens with zero attached hydrogens (tertiary/aromatic N) is 2. The van der Waals surface area contributed by atoms with E-state index in [2.05, 4.69) is 20.6 Å². The van der Waals surface area contributed by atoms with Crippen LogP contribution in [0.4, 0.5) is 0 Å². The third-order valence-corrected chi connectivity index (χ3v) is 6.00. The number of benzene rings is 2. The van der Waals surface area contributed by atoms with Gasteiger partial charge in [-0.2, -0.15) is 0 Å². The van der Waals surface area contributed by atoms with E-state index in [1.165, 1.54) is 0 Å². The fraction of sp³-hybridized carbons (Fsp3) is 0.200. The van der Waals surface area contributed by atoms with Crippen LogP contribution < -0.4 is 10.6 Å². The number of aromatic nitrogens is 2. The van der Waals surface area contributed by atoms with E-state index in [9.17, 15) is 9.59 Å². The van der Waals surface area contributed by atoms with E-state index in [-0.39, 0.29) is 11.8 Å². The second-order valence-electron chi connectivity index (χ2n) is 9.22. The maximum Gasteiger partial charge on any atom is 0.251 e. The fourth-order valence-corrected chi connectivity index (χ4v) is 4.52. The third-order valence-electron chi connectivity index (χ3n) is 6.00. The average Bonchev–Trinajstić information content (AvgIpc) is 2.85. The Morgan fingerprint density at radius 2 is 0.861 bits per heavy atom. The van der Waals surface area contributed by atoms with E-state index in [4.69, 9.17) is 0 Å². The van der Waals surface area contributed by atoms with Crippen LogP contribution in [0, 0.1) is 27.7 Å². The van der Waals surface area contributed by atoms with Crippen molar-refractivity contribution in [2.75, 3.05) is 0 Å². The molecule has 2 amide bonds. The monoisotopic (exact) mass is 478 g/mol. The second-order valence-corrected chi connectivity index (χ2v) is 9.22. The lowest BCUT2D eigenvalue weighted by molar-refractivity contribution is 0.0881. The number of pyridine rings is 2. The zero-order chi connectivity index (χ0) is 25.7. The van der Waals surface area contributed by atoms with Gasteiger partial charge in [-0.15, -0.1) is 0 Å². The molecule has 182 valence electrons. The number of hydrogen-bond acceptors (Lipinski definition) is 4. The molecule has 2 atom stereocenters. The molecule has 0 aliphatic carbocycles. The summed E-state index contributed by atoms with van der Waals surface area (Å²) in [4.78, 5) is 35.2. The van der Waals surface area contributed by atoms with Crippen molar-refractivity contribution in [2.45, 2.75) is 39.8 Å². The Balaban J connectivity index is 1.75. The summed E-state index contributed by atoms with van der Waals surface area (Å²) in [6, 6.07) is 17.8. The van der Waals surface area contributed by atoms with Crippen molar-refractivity contribution >= 4 is 11.8 Å². The number of hydrogen-bond donors (Lipinski definition) is 2. The van der Waals surface area contributed by atoms with Crippen LogP contribution in [0.5, 0.6) is 0 Å². The normalized spacial score (nSPS) is 12.4. The Morgan fingerprint density at radius 3 is 1.17 bits per heavy atom. The molecule has 4 aromatic rings. The van der Waals surface area contributed by atoms with Crippen molar-refractivity contribution < 1.29 is 9.59 Å². The van der Waals surface area contributed by atoms with Crippen molar-refractivity contribution in [2.24, 2.45) is 0 Å². The summed E-state index contributed by atoms with van der Waals surface area (Å²) in [7, 11) is 0. The van der Waals surface area contributed by atoms with Gasteiger partial charge in [0.05, 0.1) is 12.1 Å². The van der Waals surface area contributed by atoms with E-state index < -0.39 is 12.1 Å². The van der Waals surface area contributed by atoms with Gasteiger partial charge in [-0.3, -0.25) is 19.6 Å². The summed E-state index contributed by atoms with van der Waals surface area (Å²) in [6.07, 6.45) is 6.72. The summed E-state index contributed by atoms with van der Waals surface area (Å²) in [6.45, 7) is 7.86. The molecular formula is C30H30N4O2. The van der Waals surface area contributed by atoms with Gasteiger partial charge < -0.3 is 10.6 Å². The first kappa shape index (κ1) is 24.8. The van der Waals surface area contributed by atoms with Crippen LogP contribution in [0.2, 0.25) is 0 Å². The first-order valence-electron chi connectivity index (χ1n) is 11.9. The van der Waals surface area contributed by atoms with Crippen LogP contribution in [0.15, 0.2) is 85.5 Å². The van der Waals surface area contributed by atoms with E-state index in [0.717, 1.165) is 33.4 Å². The molecule has 0 bridgehead atoms. The SMILES string of the molecule is Cc1cc(C)cc(C(=O)N[C@H](c2ccncc2)[C@@H](NC(=O)c2cc(C)cc(C)c2)c2ccncc2)c1. The predicted molar refractivity (Wildman–Crippen MR) is 141 cm³/mol. The number of carbonyl (C=O) groups excluding carboxylic acids is 2. The Bertz CT molecular complexity index is 1220. The highest BCUT2D eigenvalue weighted by atomic mass is 16.2. The van der Waals surface area contributed by atoms with E-state index in [0.29, 0.717) is 11.1 Å². The standard InChI is InChI=1S/C30H30N4O2/c1-19-13-20(2)16-25(15-19)29(35)33-27(23-5-9-31-10-6-23)28(24-7-11-32-12-8-24)34-30(36)26-17-21(3)14-22(4)18-26/h5-18,27-28H,1-4H3,(H,33,35)(H,34,36)/t27-,28+. The minimum Gasteiger partial charge on any atom is -0.343 e. The van der Waals surface area contributed by atoms with Gasteiger partial charge in [-0.05, 0) is 87.4 Å². The van der Waals surface area contributed by atoms with Crippen LogP contribution in [0.25, 0.3) is 0 Å². The largest absolute Gasteiger partial charge is 0.343 e. The molecular weight excluding hydrogens is 448 g/mol. The van der Waals surface area contributed by atoms with Crippen molar-refractivity contribution in [1.29, 1.82) is 0 Å². The lowest BCUT2D eigenvalue weighted by Gasteiger charge is -2.30. The van der Waals surface area contributed by atoms with Gasteiger partial charge in [-0.1, -0.05) is 34.4 Å². The smallest absolute Gasteiger partial charge is 0.251 e. The van der Waals surface area contributed by atoms with E-state index in [1.54, 1.807) is 24.8 Å². The number of rotatable bonds is 7. The topological polar surface area (TPSA) is 84.0 Å². The molecule has 6 heteroatoms. The van der Waals surface area contributed by atoms with Gasteiger partial charge in [0, 0.05) is 35.9 Å². The molecule has 2 aromatic heterocycles. The molecule has 0 radical (unpaired) electrons. The maximum atomic E-state index is 13.5. The number of carbonyl (C=O) groups is 2. The lowest BCUT2D eigenvalue weighted by atomic mass is 9.93. The van der Waals surface area contributed by atoms with Crippen LogP contribution in [0.3, 0.4) is 0 Å². The molecule has 2 heterocycles. The highest BCUT2D eigenvalue weighted by Gasteiger charge is 2.29. The number of aryl methyl sites for hydroxylation is 4. The minimum atomic E-state index is -0.557. The highest BCUT2D eigenvalue weighted by Crippen LogP contribution is 2.30. The van der Waals surface area contributed by atoms with Crippen LogP contribution in [0.1, 0.15) is 66.2 Å². The molecule has 0 fully saturated rings.